The second-order valence-corrected chi connectivity index (χ2v) is 11.4. The van der Waals surface area contributed by atoms with Crippen LogP contribution in [-0.2, 0) is 17.8 Å². The molecule has 2 aliphatic rings. The number of ketones is 1. The van der Waals surface area contributed by atoms with Gasteiger partial charge in [0.05, 0.1) is 18.3 Å². The van der Waals surface area contributed by atoms with E-state index in [1.807, 2.05) is 50.2 Å². The predicted molar refractivity (Wildman–Crippen MR) is 145 cm³/mol. The van der Waals surface area contributed by atoms with E-state index in [4.69, 9.17) is 11.6 Å². The molecule has 2 saturated heterocycles. The molecule has 0 aliphatic carbocycles. The molecular weight excluding hydrogens is 488 g/mol. The highest BCUT2D eigenvalue weighted by Gasteiger charge is 2.39. The lowest BCUT2D eigenvalue weighted by Crippen LogP contribution is -2.45. The molecule has 37 heavy (non-hydrogen) atoms. The fourth-order valence-corrected chi connectivity index (χ4v) is 6.11. The van der Waals surface area contributed by atoms with Gasteiger partial charge in [0.1, 0.15) is 0 Å². The summed E-state index contributed by atoms with van der Waals surface area (Å²) < 4.78 is 2.82. The van der Waals surface area contributed by atoms with Crippen LogP contribution in [0.5, 0.6) is 0 Å². The number of aliphatic hydroxyl groups excluding tert-OH is 1. The quantitative estimate of drug-likeness (QED) is 0.447. The minimum atomic E-state index is -0.344. The number of aliphatic hydroxyl groups is 1. The van der Waals surface area contributed by atoms with E-state index in [-0.39, 0.29) is 30.0 Å². The first kappa shape index (κ1) is 25.9. The van der Waals surface area contributed by atoms with Crippen LogP contribution in [0.1, 0.15) is 51.5 Å². The molecule has 8 heteroatoms. The Morgan fingerprint density at radius 3 is 2.46 bits per heavy atom. The smallest absolute Gasteiger partial charge is 0.351 e. The number of Topliss-reactive ketones (excluding diaryl/α,β-unsaturated/α-hetero) is 1. The van der Waals surface area contributed by atoms with Crippen LogP contribution in [0.25, 0.3) is 17.1 Å². The van der Waals surface area contributed by atoms with Gasteiger partial charge in [-0.05, 0) is 67.9 Å². The van der Waals surface area contributed by atoms with Gasteiger partial charge in [-0.1, -0.05) is 49.7 Å². The normalized spacial score (nSPS) is 21.6. The maximum Gasteiger partial charge on any atom is 0.351 e. The van der Waals surface area contributed by atoms with Crippen LogP contribution in [0.15, 0.2) is 53.3 Å². The lowest BCUT2D eigenvalue weighted by Gasteiger charge is -2.37. The summed E-state index contributed by atoms with van der Waals surface area (Å²) in [4.78, 5) is 28.7. The third-order valence-electron chi connectivity index (χ3n) is 7.61. The molecule has 2 unspecified atom stereocenters. The summed E-state index contributed by atoms with van der Waals surface area (Å²) in [5.41, 5.74) is 2.21. The molecular formula is C29H35ClN4O3. The Labute approximate surface area is 222 Å². The van der Waals surface area contributed by atoms with Crippen molar-refractivity contribution in [1.82, 2.24) is 19.2 Å². The van der Waals surface area contributed by atoms with Gasteiger partial charge in [-0.25, -0.2) is 4.79 Å². The minimum Gasteiger partial charge on any atom is -0.393 e. The number of hydrogen-bond donors (Lipinski definition) is 1. The molecule has 0 spiro atoms. The van der Waals surface area contributed by atoms with E-state index in [9.17, 15) is 14.7 Å². The van der Waals surface area contributed by atoms with Gasteiger partial charge in [-0.15, -0.1) is 5.10 Å². The standard InChI is InChI=1S/C29H35ClN4O3/c1-19(2)14-27(36)18-33-28(21-4-3-5-22(30)15-21)31-34(29(33)37)23-8-6-20(7-9-23)12-13-32-24-10-11-25(32)17-26(35)16-24/h3-9,15,19,24-26,35H,10-14,16-18H2,1-2H3. The van der Waals surface area contributed by atoms with Crippen molar-refractivity contribution in [2.75, 3.05) is 6.54 Å². The van der Waals surface area contributed by atoms with E-state index in [0.29, 0.717) is 40.6 Å². The second-order valence-electron chi connectivity index (χ2n) is 10.9. The number of piperidine rings is 1. The van der Waals surface area contributed by atoms with Crippen LogP contribution < -0.4 is 5.69 Å². The van der Waals surface area contributed by atoms with Crippen molar-refractivity contribution in [3.8, 4) is 17.1 Å². The van der Waals surface area contributed by atoms with E-state index in [0.717, 1.165) is 25.8 Å². The van der Waals surface area contributed by atoms with Crippen LogP contribution in [0.2, 0.25) is 5.02 Å². The van der Waals surface area contributed by atoms with Crippen molar-refractivity contribution in [2.24, 2.45) is 5.92 Å². The van der Waals surface area contributed by atoms with E-state index < -0.39 is 0 Å². The molecule has 0 radical (unpaired) electrons. The van der Waals surface area contributed by atoms with E-state index in [2.05, 4.69) is 10.00 Å². The van der Waals surface area contributed by atoms with Crippen LogP contribution in [0, 0.1) is 5.92 Å². The van der Waals surface area contributed by atoms with Gasteiger partial charge in [0, 0.05) is 35.6 Å². The lowest BCUT2D eigenvalue weighted by molar-refractivity contribution is -0.120. The van der Waals surface area contributed by atoms with Crippen molar-refractivity contribution in [1.29, 1.82) is 0 Å². The number of carbonyl (C=O) groups excluding carboxylic acids is 1. The summed E-state index contributed by atoms with van der Waals surface area (Å²) in [6.07, 6.45) is 5.31. The van der Waals surface area contributed by atoms with Crippen LogP contribution in [0.4, 0.5) is 0 Å². The average Bonchev–Trinajstić information content (AvgIpc) is 3.30. The number of fused-ring (bicyclic) bond motifs is 2. The summed E-state index contributed by atoms with van der Waals surface area (Å²) in [6, 6.07) is 16.1. The molecule has 0 amide bonds. The first-order valence-electron chi connectivity index (χ1n) is 13.3. The Morgan fingerprint density at radius 2 is 1.81 bits per heavy atom. The maximum absolute atomic E-state index is 13.4. The highest BCUT2D eigenvalue weighted by molar-refractivity contribution is 6.30. The van der Waals surface area contributed by atoms with Crippen molar-refractivity contribution in [3.05, 3.63) is 69.6 Å². The number of benzene rings is 2. The van der Waals surface area contributed by atoms with Gasteiger partial charge in [0.2, 0.25) is 0 Å². The van der Waals surface area contributed by atoms with Gasteiger partial charge in [-0.2, -0.15) is 4.68 Å². The molecule has 3 heterocycles. The molecule has 5 rings (SSSR count). The molecule has 2 aromatic carbocycles. The summed E-state index contributed by atoms with van der Waals surface area (Å²) in [7, 11) is 0. The molecule has 2 fully saturated rings. The van der Waals surface area contributed by atoms with E-state index in [1.54, 1.807) is 12.1 Å². The zero-order chi connectivity index (χ0) is 26.1. The highest BCUT2D eigenvalue weighted by Crippen LogP contribution is 2.35. The molecule has 196 valence electrons. The second kappa shape index (κ2) is 10.9. The monoisotopic (exact) mass is 522 g/mol. The van der Waals surface area contributed by atoms with E-state index >= 15 is 0 Å². The van der Waals surface area contributed by atoms with Gasteiger partial charge in [-0.3, -0.25) is 14.3 Å². The van der Waals surface area contributed by atoms with Gasteiger partial charge < -0.3 is 5.11 Å². The third-order valence-corrected chi connectivity index (χ3v) is 7.85. The summed E-state index contributed by atoms with van der Waals surface area (Å²) in [5, 5.41) is 15.2. The highest BCUT2D eigenvalue weighted by atomic mass is 35.5. The zero-order valence-corrected chi connectivity index (χ0v) is 22.3. The van der Waals surface area contributed by atoms with Crippen molar-refractivity contribution in [3.63, 3.8) is 0 Å². The Balaban J connectivity index is 1.37. The number of carbonyl (C=O) groups is 1. The van der Waals surface area contributed by atoms with Crippen molar-refractivity contribution >= 4 is 17.4 Å². The molecule has 3 aromatic rings. The SMILES string of the molecule is CC(C)CC(=O)Cn1c(-c2cccc(Cl)c2)nn(-c2ccc(CCN3C4CCC3CC(O)C4)cc2)c1=O. The molecule has 1 aromatic heterocycles. The third kappa shape index (κ3) is 5.74. The largest absolute Gasteiger partial charge is 0.393 e. The summed E-state index contributed by atoms with van der Waals surface area (Å²) in [5.74, 6) is 0.636. The van der Waals surface area contributed by atoms with Gasteiger partial charge in [0.15, 0.2) is 11.6 Å². The first-order valence-corrected chi connectivity index (χ1v) is 13.7. The molecule has 2 atom stereocenters. The summed E-state index contributed by atoms with van der Waals surface area (Å²) >= 11 is 6.21. The number of nitrogens with zero attached hydrogens (tertiary/aromatic N) is 4. The summed E-state index contributed by atoms with van der Waals surface area (Å²) in [6.45, 7) is 4.93. The number of aromatic nitrogens is 3. The lowest BCUT2D eigenvalue weighted by atomic mass is 9.99. The van der Waals surface area contributed by atoms with Crippen molar-refractivity contribution in [2.45, 2.75) is 77.1 Å². The molecule has 2 bridgehead atoms. The topological polar surface area (TPSA) is 80.4 Å². The molecule has 1 N–H and O–H groups in total. The zero-order valence-electron chi connectivity index (χ0n) is 21.5. The molecule has 0 saturated carbocycles. The molecule has 2 aliphatic heterocycles. The van der Waals surface area contributed by atoms with Crippen molar-refractivity contribution < 1.29 is 9.90 Å². The van der Waals surface area contributed by atoms with Gasteiger partial charge in [0.25, 0.3) is 0 Å². The Morgan fingerprint density at radius 1 is 1.11 bits per heavy atom. The Kier molecular flexibility index (Phi) is 7.65. The maximum atomic E-state index is 13.4. The van der Waals surface area contributed by atoms with E-state index in [1.165, 1.54) is 27.7 Å². The van der Waals surface area contributed by atoms with Crippen LogP contribution in [0.3, 0.4) is 0 Å². The fraction of sp³-hybridized carbons (Fsp3) is 0.483. The van der Waals surface area contributed by atoms with Crippen LogP contribution in [-0.4, -0.2) is 54.9 Å². The Hall–Kier alpha value is -2.74. The number of rotatable bonds is 9. The predicted octanol–water partition coefficient (Wildman–Crippen LogP) is 4.50. The number of halogens is 1. The Bertz CT molecular complexity index is 1300. The van der Waals surface area contributed by atoms with Crippen LogP contribution >= 0.6 is 11.6 Å². The molecule has 7 nitrogen and oxygen atoms in total. The fourth-order valence-electron chi connectivity index (χ4n) is 5.92. The number of hydrogen-bond acceptors (Lipinski definition) is 5. The minimum absolute atomic E-state index is 0.00512. The first-order chi connectivity index (χ1) is 17.8. The average molecular weight is 523 g/mol. The van der Waals surface area contributed by atoms with Gasteiger partial charge >= 0.3 is 5.69 Å².